The van der Waals surface area contributed by atoms with Crippen molar-refractivity contribution in [2.24, 2.45) is 4.99 Å². The third-order valence-electron chi connectivity index (χ3n) is 13.4. The smallest absolute Gasteiger partial charge is 0.136 e. The Kier molecular flexibility index (Phi) is 9.19. The predicted molar refractivity (Wildman–Crippen MR) is 268 cm³/mol. The largest absolute Gasteiger partial charge is 0.260 e. The zero-order valence-electron chi connectivity index (χ0n) is 35.9. The Morgan fingerprint density at radius 1 is 0.516 bits per heavy atom. The predicted octanol–water partition coefficient (Wildman–Crippen LogP) is 15.6. The second kappa shape index (κ2) is 15.5. The quantitative estimate of drug-likeness (QED) is 0.168. The maximum Gasteiger partial charge on any atom is 0.136 e. The van der Waals surface area contributed by atoms with Gasteiger partial charge in [0.1, 0.15) is 5.82 Å². The van der Waals surface area contributed by atoms with Crippen LogP contribution in [0, 0.1) is 6.92 Å². The van der Waals surface area contributed by atoms with Crippen LogP contribution in [0.2, 0.25) is 0 Å². The van der Waals surface area contributed by atoms with Crippen LogP contribution in [0.15, 0.2) is 193 Å². The number of hydrogen-bond acceptors (Lipinski definition) is 4. The van der Waals surface area contributed by atoms with E-state index in [9.17, 15) is 0 Å². The van der Waals surface area contributed by atoms with Crippen molar-refractivity contribution in [2.75, 3.05) is 0 Å². The Hall–Kier alpha value is -7.82. The molecule has 0 fully saturated rings. The monoisotopic (exact) mass is 820 g/mol. The van der Waals surface area contributed by atoms with E-state index in [1.807, 2.05) is 12.3 Å². The fraction of sp³-hybridized carbons (Fsp3) is 0.100. The second-order valence-electron chi connectivity index (χ2n) is 17.3. The Balaban J connectivity index is 1.10. The molecule has 2 aliphatic rings. The minimum Gasteiger partial charge on any atom is -0.260 e. The summed E-state index contributed by atoms with van der Waals surface area (Å²) in [6.07, 6.45) is 11.3. The first-order valence-corrected chi connectivity index (χ1v) is 22.4. The highest BCUT2D eigenvalue weighted by Gasteiger charge is 2.25. The van der Waals surface area contributed by atoms with Crippen molar-refractivity contribution in [1.82, 2.24) is 15.0 Å². The summed E-state index contributed by atoms with van der Waals surface area (Å²) in [5.74, 6) is 0.794. The molecule has 0 spiro atoms. The van der Waals surface area contributed by atoms with Gasteiger partial charge >= 0.3 is 0 Å². The number of benzene rings is 8. The molecule has 64 heavy (non-hydrogen) atoms. The lowest BCUT2D eigenvalue weighted by atomic mass is 9.85. The van der Waals surface area contributed by atoms with Crippen LogP contribution in [-0.4, -0.2) is 21.2 Å². The van der Waals surface area contributed by atoms with Crippen molar-refractivity contribution >= 4 is 60.8 Å². The SMILES string of the molecule is CC1=C(c2cccc3cccnc23)C=CC(c2nc(-c3ccc(-c4cccc5c4N=CCC5)c(C)c3)c3cc(-c4cccc5ccccc45)cc(-c4cccc5ccccc45)c3n2)C1. The van der Waals surface area contributed by atoms with E-state index in [0.717, 1.165) is 86.1 Å². The summed E-state index contributed by atoms with van der Waals surface area (Å²) in [7, 11) is 0. The maximum absolute atomic E-state index is 5.67. The van der Waals surface area contributed by atoms with Gasteiger partial charge in [-0.05, 0) is 118 Å². The first-order valence-electron chi connectivity index (χ1n) is 22.4. The molecule has 0 bridgehead atoms. The Labute approximate surface area is 373 Å². The molecular formula is C60H44N4. The molecule has 0 amide bonds. The summed E-state index contributed by atoms with van der Waals surface area (Å²) in [6.45, 7) is 4.47. The van der Waals surface area contributed by atoms with Gasteiger partial charge in [0.25, 0.3) is 0 Å². The molecule has 2 aromatic heterocycles. The highest BCUT2D eigenvalue weighted by atomic mass is 14.9. The van der Waals surface area contributed by atoms with Crippen LogP contribution in [0.4, 0.5) is 5.69 Å². The maximum atomic E-state index is 5.67. The van der Waals surface area contributed by atoms with Gasteiger partial charge in [-0.15, -0.1) is 0 Å². The van der Waals surface area contributed by atoms with E-state index in [0.29, 0.717) is 0 Å². The molecule has 1 unspecified atom stereocenters. The van der Waals surface area contributed by atoms with E-state index in [-0.39, 0.29) is 5.92 Å². The molecule has 1 aliphatic heterocycles. The highest BCUT2D eigenvalue weighted by molar-refractivity contribution is 6.10. The molecule has 3 heterocycles. The number of aliphatic imine (C=N–C) groups is 1. The number of pyridine rings is 1. The van der Waals surface area contributed by atoms with Gasteiger partial charge in [0.15, 0.2) is 0 Å². The van der Waals surface area contributed by atoms with Crippen molar-refractivity contribution in [3.05, 3.63) is 210 Å². The fourth-order valence-electron chi connectivity index (χ4n) is 10.3. The standard InChI is InChI=1S/C60H44N4/c1-37-33-43(27-29-46(37)52-25-9-17-41-19-11-31-61-56(41)52)58-55-36-45(50-23-7-15-39-13-3-5-21-48(39)50)35-54(51-24-8-16-40-14-4-6-22-49(40)51)59(55)64-60(63-58)44-28-30-47(38(2)34-44)53-26-10-18-42-20-12-32-62-57(42)53/h3-10,12-18,20-33,35-36,44H,11,19,34H2,1-2H3. The summed E-state index contributed by atoms with van der Waals surface area (Å²) in [5.41, 5.74) is 18.2. The topological polar surface area (TPSA) is 51.0 Å². The first kappa shape index (κ1) is 37.9. The van der Waals surface area contributed by atoms with E-state index >= 15 is 0 Å². The van der Waals surface area contributed by atoms with Crippen molar-refractivity contribution in [3.8, 4) is 44.6 Å². The molecule has 1 aliphatic carbocycles. The normalized spacial score (nSPS) is 14.8. The van der Waals surface area contributed by atoms with Crippen molar-refractivity contribution in [3.63, 3.8) is 0 Å². The summed E-state index contributed by atoms with van der Waals surface area (Å²) in [4.78, 5) is 21.0. The number of fused-ring (bicyclic) bond motifs is 5. The molecule has 1 atom stereocenters. The average molecular weight is 821 g/mol. The van der Waals surface area contributed by atoms with Crippen molar-refractivity contribution in [2.45, 2.75) is 39.0 Å². The molecule has 304 valence electrons. The van der Waals surface area contributed by atoms with Crippen LogP contribution in [0.5, 0.6) is 0 Å². The first-order chi connectivity index (χ1) is 31.6. The third-order valence-corrected chi connectivity index (χ3v) is 13.4. The summed E-state index contributed by atoms with van der Waals surface area (Å²) < 4.78 is 0. The molecule has 4 heteroatoms. The summed E-state index contributed by atoms with van der Waals surface area (Å²) >= 11 is 0. The van der Waals surface area contributed by atoms with Crippen LogP contribution >= 0.6 is 0 Å². The summed E-state index contributed by atoms with van der Waals surface area (Å²) in [6, 6.07) is 59.4. The molecule has 0 saturated carbocycles. The second-order valence-corrected chi connectivity index (χ2v) is 17.3. The Morgan fingerprint density at radius 3 is 2.03 bits per heavy atom. The third kappa shape index (κ3) is 6.45. The summed E-state index contributed by atoms with van der Waals surface area (Å²) in [5, 5.41) is 6.99. The fourth-order valence-corrected chi connectivity index (χ4v) is 10.3. The lowest BCUT2D eigenvalue weighted by molar-refractivity contribution is 0.757. The van der Waals surface area contributed by atoms with Gasteiger partial charge in [-0.2, -0.15) is 0 Å². The Morgan fingerprint density at radius 2 is 1.22 bits per heavy atom. The lowest BCUT2D eigenvalue weighted by Crippen LogP contribution is -2.09. The van der Waals surface area contributed by atoms with E-state index in [4.69, 9.17) is 19.9 Å². The molecule has 10 aromatic rings. The number of aromatic nitrogens is 3. The highest BCUT2D eigenvalue weighted by Crippen LogP contribution is 2.45. The number of allylic oxidation sites excluding steroid dienone is 4. The number of hydrogen-bond donors (Lipinski definition) is 0. The molecule has 12 rings (SSSR count). The lowest BCUT2D eigenvalue weighted by Gasteiger charge is -2.23. The van der Waals surface area contributed by atoms with E-state index in [1.54, 1.807) is 0 Å². The van der Waals surface area contributed by atoms with Gasteiger partial charge in [0.05, 0.1) is 22.4 Å². The van der Waals surface area contributed by atoms with Gasteiger partial charge in [-0.25, -0.2) is 9.97 Å². The minimum atomic E-state index is -0.0259. The molecule has 0 saturated heterocycles. The number of para-hydroxylation sites is 2. The van der Waals surface area contributed by atoms with E-state index in [2.05, 4.69) is 190 Å². The van der Waals surface area contributed by atoms with Gasteiger partial charge in [-0.3, -0.25) is 9.98 Å². The van der Waals surface area contributed by atoms with E-state index in [1.165, 1.54) is 60.5 Å². The number of nitrogens with zero attached hydrogens (tertiary/aromatic N) is 4. The van der Waals surface area contributed by atoms with E-state index < -0.39 is 0 Å². The van der Waals surface area contributed by atoms with Crippen LogP contribution in [-0.2, 0) is 6.42 Å². The van der Waals surface area contributed by atoms with Gasteiger partial charge in [-0.1, -0.05) is 157 Å². The Bertz CT molecular complexity index is 3610. The van der Waals surface area contributed by atoms with Crippen molar-refractivity contribution in [1.29, 1.82) is 0 Å². The minimum absolute atomic E-state index is 0.0259. The molecule has 4 nitrogen and oxygen atoms in total. The zero-order chi connectivity index (χ0) is 42.7. The molecule has 0 N–H and O–H groups in total. The molecular weight excluding hydrogens is 777 g/mol. The average Bonchev–Trinajstić information content (AvgIpc) is 3.35. The molecule has 8 aromatic carbocycles. The van der Waals surface area contributed by atoms with Crippen molar-refractivity contribution < 1.29 is 0 Å². The number of aryl methyl sites for hydroxylation is 2. The van der Waals surface area contributed by atoms with Gasteiger partial charge in [0.2, 0.25) is 0 Å². The number of rotatable bonds is 6. The van der Waals surface area contributed by atoms with Crippen LogP contribution in [0.1, 0.15) is 48.2 Å². The zero-order valence-corrected chi connectivity index (χ0v) is 35.9. The van der Waals surface area contributed by atoms with Crippen LogP contribution in [0.25, 0.3) is 93.6 Å². The molecule has 0 radical (unpaired) electrons. The van der Waals surface area contributed by atoms with Crippen LogP contribution < -0.4 is 0 Å². The van der Waals surface area contributed by atoms with Gasteiger partial charge in [0, 0.05) is 51.4 Å². The van der Waals surface area contributed by atoms with Crippen LogP contribution in [0.3, 0.4) is 0 Å². The van der Waals surface area contributed by atoms with Gasteiger partial charge < -0.3 is 0 Å².